The van der Waals surface area contributed by atoms with Gasteiger partial charge in [0.25, 0.3) is 5.91 Å². The molecule has 0 unspecified atom stereocenters. The van der Waals surface area contributed by atoms with Crippen LogP contribution in [0.3, 0.4) is 0 Å². The number of rotatable bonds is 5. The molecule has 2 heterocycles. The Labute approximate surface area is 177 Å². The predicted octanol–water partition coefficient (Wildman–Crippen LogP) is 4.51. The van der Waals surface area contributed by atoms with E-state index in [1.165, 1.54) is 18.3 Å². The summed E-state index contributed by atoms with van der Waals surface area (Å²) in [5.74, 6) is 0.0576. The van der Waals surface area contributed by atoms with Crippen LogP contribution < -0.4 is 10.6 Å². The molecule has 8 heteroatoms. The number of thiophene rings is 1. The van der Waals surface area contributed by atoms with Crippen molar-refractivity contribution in [3.63, 3.8) is 0 Å². The van der Waals surface area contributed by atoms with Crippen LogP contribution >= 0.6 is 11.3 Å². The van der Waals surface area contributed by atoms with Crippen LogP contribution in [0.4, 0.5) is 11.4 Å². The number of hydrogen-bond donors (Lipinski definition) is 2. The summed E-state index contributed by atoms with van der Waals surface area (Å²) >= 11 is 1.53. The summed E-state index contributed by atoms with van der Waals surface area (Å²) in [5, 5.41) is 12.0. The number of nitrogens with zero attached hydrogens (tertiary/aromatic N) is 3. The van der Waals surface area contributed by atoms with Crippen LogP contribution in [0.1, 0.15) is 23.1 Å². The van der Waals surface area contributed by atoms with Gasteiger partial charge in [0.05, 0.1) is 10.6 Å². The van der Waals surface area contributed by atoms with Gasteiger partial charge in [0.1, 0.15) is 0 Å². The first kappa shape index (κ1) is 19.5. The molecule has 0 fully saturated rings. The molecule has 150 valence electrons. The second kappa shape index (κ2) is 8.30. The van der Waals surface area contributed by atoms with E-state index in [1.54, 1.807) is 16.8 Å². The van der Waals surface area contributed by atoms with Gasteiger partial charge >= 0.3 is 0 Å². The number of hydrogen-bond acceptors (Lipinski definition) is 5. The summed E-state index contributed by atoms with van der Waals surface area (Å²) in [7, 11) is 0. The Hall–Kier alpha value is -3.78. The minimum absolute atomic E-state index is 0.0617. The van der Waals surface area contributed by atoms with Crippen LogP contribution in [0.5, 0.6) is 0 Å². The first-order chi connectivity index (χ1) is 14.5. The van der Waals surface area contributed by atoms with E-state index in [0.717, 1.165) is 16.1 Å². The Morgan fingerprint density at radius 3 is 2.50 bits per heavy atom. The largest absolute Gasteiger partial charge is 0.326 e. The highest BCUT2D eigenvalue weighted by molar-refractivity contribution is 7.13. The van der Waals surface area contributed by atoms with Gasteiger partial charge in [-0.15, -0.1) is 16.4 Å². The molecule has 0 bridgehead atoms. The minimum atomic E-state index is -0.425. The van der Waals surface area contributed by atoms with Gasteiger partial charge in [-0.3, -0.25) is 9.59 Å². The van der Waals surface area contributed by atoms with Gasteiger partial charge in [0, 0.05) is 18.3 Å². The summed E-state index contributed by atoms with van der Waals surface area (Å²) in [6.07, 6.45) is 0. The van der Waals surface area contributed by atoms with E-state index in [9.17, 15) is 9.59 Å². The highest BCUT2D eigenvalue weighted by Crippen LogP contribution is 2.26. The number of anilines is 2. The van der Waals surface area contributed by atoms with Gasteiger partial charge < -0.3 is 10.6 Å². The first-order valence-electron chi connectivity index (χ1n) is 9.27. The number of para-hydroxylation sites is 1. The molecule has 4 rings (SSSR count). The fourth-order valence-corrected chi connectivity index (χ4v) is 3.64. The number of carbonyl (C=O) groups is 2. The van der Waals surface area contributed by atoms with Crippen molar-refractivity contribution in [3.8, 4) is 16.4 Å². The molecule has 0 spiro atoms. The molecule has 0 aliphatic carbocycles. The Balaban J connectivity index is 1.68. The average molecular weight is 417 g/mol. The molecular weight excluding hydrogens is 398 g/mol. The summed E-state index contributed by atoms with van der Waals surface area (Å²) < 4.78 is 1.67. The maximum absolute atomic E-state index is 12.9. The van der Waals surface area contributed by atoms with Crippen LogP contribution in [-0.4, -0.2) is 26.6 Å². The zero-order valence-electron chi connectivity index (χ0n) is 16.4. The molecule has 4 aromatic rings. The molecule has 2 aromatic carbocycles. The zero-order chi connectivity index (χ0) is 21.1. The molecule has 0 aliphatic rings. The molecule has 0 radical (unpaired) electrons. The van der Waals surface area contributed by atoms with E-state index < -0.39 is 5.91 Å². The predicted molar refractivity (Wildman–Crippen MR) is 118 cm³/mol. The van der Waals surface area contributed by atoms with E-state index in [0.29, 0.717) is 17.2 Å². The number of carbonyl (C=O) groups excluding carboxylic acids is 2. The standard InChI is InChI=1S/C22H19N5O2S/c1-14-10-11-16(23-15(2)28)13-18(14)24-22(29)20-25-21(19-9-6-12-30-19)27(26-20)17-7-4-3-5-8-17/h3-13H,1-2H3,(H,23,28)(H,24,29). The zero-order valence-corrected chi connectivity index (χ0v) is 17.2. The summed E-state index contributed by atoms with van der Waals surface area (Å²) in [6, 6.07) is 18.8. The Bertz CT molecular complexity index is 1200. The number of aromatic nitrogens is 3. The molecule has 2 N–H and O–H groups in total. The van der Waals surface area contributed by atoms with Crippen LogP contribution in [0, 0.1) is 6.92 Å². The molecule has 2 aromatic heterocycles. The monoisotopic (exact) mass is 417 g/mol. The summed E-state index contributed by atoms with van der Waals surface area (Å²) in [6.45, 7) is 3.31. The van der Waals surface area contributed by atoms with Crippen molar-refractivity contribution >= 4 is 34.5 Å². The normalized spacial score (nSPS) is 10.6. The highest BCUT2D eigenvalue weighted by atomic mass is 32.1. The van der Waals surface area contributed by atoms with Gasteiger partial charge in [-0.25, -0.2) is 9.67 Å². The van der Waals surface area contributed by atoms with Gasteiger partial charge in [0.15, 0.2) is 5.82 Å². The number of nitrogens with one attached hydrogen (secondary N) is 2. The van der Waals surface area contributed by atoms with Gasteiger partial charge in [-0.05, 0) is 48.2 Å². The second-order valence-electron chi connectivity index (χ2n) is 6.65. The van der Waals surface area contributed by atoms with Crippen LogP contribution in [0.15, 0.2) is 66.0 Å². The van der Waals surface area contributed by atoms with Crippen LogP contribution in [0.2, 0.25) is 0 Å². The van der Waals surface area contributed by atoms with Crippen molar-refractivity contribution < 1.29 is 9.59 Å². The first-order valence-corrected chi connectivity index (χ1v) is 10.1. The molecule has 0 aliphatic heterocycles. The van der Waals surface area contributed by atoms with Gasteiger partial charge in [0.2, 0.25) is 11.7 Å². The number of benzene rings is 2. The van der Waals surface area contributed by atoms with E-state index >= 15 is 0 Å². The Morgan fingerprint density at radius 2 is 1.80 bits per heavy atom. The summed E-state index contributed by atoms with van der Waals surface area (Å²) in [4.78, 5) is 29.7. The third-order valence-corrected chi connectivity index (χ3v) is 5.22. The third kappa shape index (κ3) is 4.13. The van der Waals surface area contributed by atoms with Crippen molar-refractivity contribution in [1.29, 1.82) is 0 Å². The molecular formula is C22H19N5O2S. The molecule has 0 atom stereocenters. The highest BCUT2D eigenvalue weighted by Gasteiger charge is 2.20. The van der Waals surface area contributed by atoms with Crippen LogP contribution in [-0.2, 0) is 4.79 Å². The van der Waals surface area contributed by atoms with Crippen molar-refractivity contribution in [3.05, 3.63) is 77.4 Å². The second-order valence-corrected chi connectivity index (χ2v) is 7.60. The molecule has 7 nitrogen and oxygen atoms in total. The van der Waals surface area contributed by atoms with Crippen LogP contribution in [0.25, 0.3) is 16.4 Å². The lowest BCUT2D eigenvalue weighted by Crippen LogP contribution is -2.15. The molecule has 30 heavy (non-hydrogen) atoms. The number of aryl methyl sites for hydroxylation is 1. The third-order valence-electron chi connectivity index (χ3n) is 4.36. The lowest BCUT2D eigenvalue weighted by Gasteiger charge is -2.09. The average Bonchev–Trinajstić information content (AvgIpc) is 3.40. The Kier molecular flexibility index (Phi) is 5.40. The van der Waals surface area contributed by atoms with Gasteiger partial charge in [-0.2, -0.15) is 0 Å². The quantitative estimate of drug-likeness (QED) is 0.500. The molecule has 0 saturated carbocycles. The van der Waals surface area contributed by atoms with Gasteiger partial charge in [-0.1, -0.05) is 30.3 Å². The number of amides is 2. The lowest BCUT2D eigenvalue weighted by atomic mass is 10.1. The van der Waals surface area contributed by atoms with Crippen molar-refractivity contribution in [2.24, 2.45) is 0 Å². The van der Waals surface area contributed by atoms with Crippen molar-refractivity contribution in [1.82, 2.24) is 14.8 Å². The van der Waals surface area contributed by atoms with E-state index in [4.69, 9.17) is 0 Å². The maximum Gasteiger partial charge on any atom is 0.295 e. The van der Waals surface area contributed by atoms with E-state index in [-0.39, 0.29) is 11.7 Å². The minimum Gasteiger partial charge on any atom is -0.326 e. The maximum atomic E-state index is 12.9. The molecule has 2 amide bonds. The Morgan fingerprint density at radius 1 is 1.00 bits per heavy atom. The van der Waals surface area contributed by atoms with E-state index in [2.05, 4.69) is 20.7 Å². The van der Waals surface area contributed by atoms with E-state index in [1.807, 2.05) is 60.8 Å². The fraction of sp³-hybridized carbons (Fsp3) is 0.0909. The molecule has 0 saturated heterocycles. The summed E-state index contributed by atoms with van der Waals surface area (Å²) in [5.41, 5.74) is 2.86. The smallest absolute Gasteiger partial charge is 0.295 e. The lowest BCUT2D eigenvalue weighted by molar-refractivity contribution is -0.114. The van der Waals surface area contributed by atoms with Crippen molar-refractivity contribution in [2.45, 2.75) is 13.8 Å². The van der Waals surface area contributed by atoms with Crippen molar-refractivity contribution in [2.75, 3.05) is 10.6 Å². The SMILES string of the molecule is CC(=O)Nc1ccc(C)c(NC(=O)c2nc(-c3cccs3)n(-c3ccccc3)n2)c1. The fourth-order valence-electron chi connectivity index (χ4n) is 2.94. The topological polar surface area (TPSA) is 88.9 Å².